The number of nitrogens with zero attached hydrogens (tertiary/aromatic N) is 2. The van der Waals surface area contributed by atoms with Gasteiger partial charge >= 0.3 is 0 Å². The summed E-state index contributed by atoms with van der Waals surface area (Å²) in [5.74, 6) is 0.707. The highest BCUT2D eigenvalue weighted by Gasteiger charge is 2.03. The summed E-state index contributed by atoms with van der Waals surface area (Å²) in [6.45, 7) is 7.82. The molecule has 0 saturated carbocycles. The number of benzene rings is 1. The number of aromatic nitrogens is 1. The molecule has 0 radical (unpaired) electrons. The van der Waals surface area contributed by atoms with Gasteiger partial charge in [0.2, 0.25) is 5.91 Å². The number of hydrogen-bond donors (Lipinski definition) is 3. The molecular formula is C19H28IN5OS. The third-order valence-electron chi connectivity index (χ3n) is 3.59. The number of guanidine groups is 1. The number of carbonyl (C=O) groups is 1. The lowest BCUT2D eigenvalue weighted by molar-refractivity contribution is -0.114. The number of hydrogen-bond acceptors (Lipinski definition) is 4. The maximum Gasteiger partial charge on any atom is 0.221 e. The summed E-state index contributed by atoms with van der Waals surface area (Å²) in [5, 5.41) is 10.5. The molecule has 0 saturated heterocycles. The van der Waals surface area contributed by atoms with E-state index in [1.807, 2.05) is 37.4 Å². The van der Waals surface area contributed by atoms with Gasteiger partial charge in [0.25, 0.3) is 0 Å². The van der Waals surface area contributed by atoms with Crippen molar-refractivity contribution in [3.63, 3.8) is 0 Å². The SMILES string of the molecule is CCNC(=NCc1cccc(NC(C)=O)c1)NCCc1ncc(CC)s1.I. The first kappa shape index (κ1) is 23.4. The second kappa shape index (κ2) is 12.7. The second-order valence-corrected chi connectivity index (χ2v) is 7.03. The monoisotopic (exact) mass is 501 g/mol. The van der Waals surface area contributed by atoms with Crippen LogP contribution in [-0.2, 0) is 24.2 Å². The average molecular weight is 501 g/mol. The van der Waals surface area contributed by atoms with E-state index in [9.17, 15) is 4.79 Å². The normalized spacial score (nSPS) is 10.9. The molecule has 148 valence electrons. The van der Waals surface area contributed by atoms with Crippen molar-refractivity contribution in [1.82, 2.24) is 15.6 Å². The zero-order valence-corrected chi connectivity index (χ0v) is 19.2. The van der Waals surface area contributed by atoms with Crippen molar-refractivity contribution in [3.05, 3.63) is 45.9 Å². The van der Waals surface area contributed by atoms with Crippen molar-refractivity contribution >= 4 is 52.9 Å². The number of anilines is 1. The van der Waals surface area contributed by atoms with E-state index in [2.05, 4.69) is 32.9 Å². The Morgan fingerprint density at radius 1 is 1.26 bits per heavy atom. The van der Waals surface area contributed by atoms with Crippen LogP contribution in [0.1, 0.15) is 36.2 Å². The van der Waals surface area contributed by atoms with Crippen LogP contribution in [0.4, 0.5) is 5.69 Å². The minimum atomic E-state index is -0.0749. The number of amides is 1. The highest BCUT2D eigenvalue weighted by Crippen LogP contribution is 2.13. The summed E-state index contributed by atoms with van der Waals surface area (Å²) < 4.78 is 0. The number of thiazole rings is 1. The average Bonchev–Trinajstić information content (AvgIpc) is 3.07. The summed E-state index contributed by atoms with van der Waals surface area (Å²) in [4.78, 5) is 21.5. The van der Waals surface area contributed by atoms with E-state index in [-0.39, 0.29) is 29.9 Å². The molecule has 3 N–H and O–H groups in total. The lowest BCUT2D eigenvalue weighted by Gasteiger charge is -2.11. The van der Waals surface area contributed by atoms with E-state index < -0.39 is 0 Å². The Labute approximate surface area is 182 Å². The molecule has 1 aromatic carbocycles. The standard InChI is InChI=1S/C19H27N5OS.HI/c1-4-17-13-22-18(26-17)9-10-21-19(20-5-2)23-12-15-7-6-8-16(11-15)24-14(3)25;/h6-8,11,13H,4-5,9-10,12H2,1-3H3,(H,24,25)(H2,20,21,23);1H. The third kappa shape index (κ3) is 8.70. The fourth-order valence-corrected chi connectivity index (χ4v) is 3.24. The molecule has 0 aliphatic carbocycles. The smallest absolute Gasteiger partial charge is 0.221 e. The molecule has 0 unspecified atom stereocenters. The molecule has 27 heavy (non-hydrogen) atoms. The molecule has 0 bridgehead atoms. The van der Waals surface area contributed by atoms with E-state index >= 15 is 0 Å². The zero-order valence-electron chi connectivity index (χ0n) is 16.0. The van der Waals surface area contributed by atoms with Crippen molar-refractivity contribution in [2.75, 3.05) is 18.4 Å². The lowest BCUT2D eigenvalue weighted by atomic mass is 10.2. The highest BCUT2D eigenvalue weighted by molar-refractivity contribution is 14.0. The van der Waals surface area contributed by atoms with Crippen LogP contribution in [0.5, 0.6) is 0 Å². The molecule has 6 nitrogen and oxygen atoms in total. The molecule has 0 fully saturated rings. The van der Waals surface area contributed by atoms with Crippen molar-refractivity contribution in [3.8, 4) is 0 Å². The van der Waals surface area contributed by atoms with Crippen molar-refractivity contribution in [2.45, 2.75) is 40.2 Å². The Morgan fingerprint density at radius 3 is 2.74 bits per heavy atom. The summed E-state index contributed by atoms with van der Waals surface area (Å²) in [5.41, 5.74) is 1.83. The highest BCUT2D eigenvalue weighted by atomic mass is 127. The van der Waals surface area contributed by atoms with Gasteiger partial charge in [-0.15, -0.1) is 35.3 Å². The second-order valence-electron chi connectivity index (χ2n) is 5.83. The number of nitrogens with one attached hydrogen (secondary N) is 3. The molecular weight excluding hydrogens is 473 g/mol. The molecule has 0 spiro atoms. The summed E-state index contributed by atoms with van der Waals surface area (Å²) >= 11 is 1.77. The van der Waals surface area contributed by atoms with Gasteiger partial charge in [-0.3, -0.25) is 4.79 Å². The van der Waals surface area contributed by atoms with Crippen LogP contribution in [-0.4, -0.2) is 29.9 Å². The van der Waals surface area contributed by atoms with E-state index in [1.54, 1.807) is 11.3 Å². The fraction of sp³-hybridized carbons (Fsp3) is 0.421. The zero-order chi connectivity index (χ0) is 18.8. The number of carbonyl (C=O) groups excluding carboxylic acids is 1. The van der Waals surface area contributed by atoms with Crippen LogP contribution in [0.15, 0.2) is 35.5 Å². The Kier molecular flexibility index (Phi) is 11.0. The van der Waals surface area contributed by atoms with Crippen LogP contribution >= 0.6 is 35.3 Å². The summed E-state index contributed by atoms with van der Waals surface area (Å²) in [6, 6.07) is 7.73. The van der Waals surface area contributed by atoms with Crippen molar-refractivity contribution in [2.24, 2.45) is 4.99 Å². The molecule has 1 heterocycles. The topological polar surface area (TPSA) is 78.4 Å². The predicted molar refractivity (Wildman–Crippen MR) is 124 cm³/mol. The molecule has 1 amide bonds. The quantitative estimate of drug-likeness (QED) is 0.294. The van der Waals surface area contributed by atoms with E-state index in [1.165, 1.54) is 11.8 Å². The largest absolute Gasteiger partial charge is 0.357 e. The minimum absolute atomic E-state index is 0. The molecule has 1 aromatic heterocycles. The van der Waals surface area contributed by atoms with Crippen LogP contribution in [0.3, 0.4) is 0 Å². The molecule has 0 aliphatic rings. The molecule has 0 aliphatic heterocycles. The van der Waals surface area contributed by atoms with Crippen LogP contribution in [0, 0.1) is 0 Å². The van der Waals surface area contributed by atoms with Crippen molar-refractivity contribution < 1.29 is 4.79 Å². The molecule has 8 heteroatoms. The van der Waals surface area contributed by atoms with Crippen LogP contribution < -0.4 is 16.0 Å². The first-order valence-electron chi connectivity index (χ1n) is 8.93. The summed E-state index contributed by atoms with van der Waals surface area (Å²) in [7, 11) is 0. The van der Waals surface area contributed by atoms with Gasteiger partial charge in [0.15, 0.2) is 5.96 Å². The van der Waals surface area contributed by atoms with Crippen LogP contribution in [0.2, 0.25) is 0 Å². The Morgan fingerprint density at radius 2 is 2.07 bits per heavy atom. The Bertz CT molecular complexity index is 747. The Hall–Kier alpha value is -1.68. The predicted octanol–water partition coefficient (Wildman–Crippen LogP) is 3.58. The lowest BCUT2D eigenvalue weighted by Crippen LogP contribution is -2.38. The van der Waals surface area contributed by atoms with E-state index in [4.69, 9.17) is 0 Å². The van der Waals surface area contributed by atoms with Gasteiger partial charge in [0.05, 0.1) is 11.6 Å². The maximum absolute atomic E-state index is 11.2. The Balaban J connectivity index is 0.00000364. The number of halogens is 1. The van der Waals surface area contributed by atoms with Gasteiger partial charge in [-0.2, -0.15) is 0 Å². The number of rotatable bonds is 8. The molecule has 2 rings (SSSR count). The first-order chi connectivity index (χ1) is 12.6. The van der Waals surface area contributed by atoms with Gasteiger partial charge in [-0.1, -0.05) is 19.1 Å². The number of aliphatic imine (C=N–C) groups is 1. The van der Waals surface area contributed by atoms with E-state index in [0.717, 1.165) is 48.1 Å². The number of aryl methyl sites for hydroxylation is 1. The van der Waals surface area contributed by atoms with E-state index in [0.29, 0.717) is 6.54 Å². The van der Waals surface area contributed by atoms with Gasteiger partial charge in [0, 0.05) is 43.2 Å². The fourth-order valence-electron chi connectivity index (χ4n) is 2.38. The summed E-state index contributed by atoms with van der Waals surface area (Å²) in [6.07, 6.45) is 3.88. The van der Waals surface area contributed by atoms with Crippen LogP contribution in [0.25, 0.3) is 0 Å². The maximum atomic E-state index is 11.2. The minimum Gasteiger partial charge on any atom is -0.357 e. The molecule has 2 aromatic rings. The van der Waals surface area contributed by atoms with Gasteiger partial charge < -0.3 is 16.0 Å². The third-order valence-corrected chi connectivity index (χ3v) is 4.79. The first-order valence-corrected chi connectivity index (χ1v) is 9.74. The van der Waals surface area contributed by atoms with Gasteiger partial charge in [0.1, 0.15) is 0 Å². The van der Waals surface area contributed by atoms with Gasteiger partial charge in [-0.05, 0) is 31.0 Å². The van der Waals surface area contributed by atoms with Crippen molar-refractivity contribution in [1.29, 1.82) is 0 Å². The molecule has 0 atom stereocenters. The van der Waals surface area contributed by atoms with Gasteiger partial charge in [-0.25, -0.2) is 9.98 Å².